The van der Waals surface area contributed by atoms with Crippen LogP contribution in [0.15, 0.2) is 30.7 Å². The van der Waals surface area contributed by atoms with Crippen LogP contribution in [0.1, 0.15) is 68.5 Å². The van der Waals surface area contributed by atoms with E-state index in [0.717, 1.165) is 18.8 Å². The van der Waals surface area contributed by atoms with Gasteiger partial charge in [0, 0.05) is 55.9 Å². The number of likely N-dealkylation sites (tertiary alicyclic amines) is 1. The number of amides is 2. The van der Waals surface area contributed by atoms with E-state index in [9.17, 15) is 9.59 Å². The number of aromatic nitrogens is 3. The molecule has 2 aromatic heterocycles. The monoisotopic (exact) mass is 507 g/mol. The van der Waals surface area contributed by atoms with Gasteiger partial charge in [-0.2, -0.15) is 0 Å². The molecule has 3 aliphatic heterocycles. The molecule has 0 radical (unpaired) electrons. The first-order chi connectivity index (χ1) is 17.7. The number of nitrogens with one attached hydrogen (secondary N) is 1. The number of imidazole rings is 1. The molecule has 0 saturated carbocycles. The lowest BCUT2D eigenvalue weighted by Gasteiger charge is -2.32. The van der Waals surface area contributed by atoms with Crippen molar-refractivity contribution < 1.29 is 18.7 Å². The van der Waals surface area contributed by atoms with E-state index in [1.54, 1.807) is 18.5 Å². The number of hydrogen-bond donors (Lipinski definition) is 1. The number of piperidine rings is 2. The van der Waals surface area contributed by atoms with E-state index in [-0.39, 0.29) is 24.1 Å². The molecule has 0 aliphatic carbocycles. The van der Waals surface area contributed by atoms with Crippen LogP contribution in [-0.4, -0.2) is 49.9 Å². The predicted octanol–water partition coefficient (Wildman–Crippen LogP) is 3.85. The minimum atomic E-state index is -0.673. The normalized spacial score (nSPS) is 27.4. The van der Waals surface area contributed by atoms with Gasteiger partial charge in [0.25, 0.3) is 0 Å². The van der Waals surface area contributed by atoms with Gasteiger partial charge in [0.1, 0.15) is 17.0 Å². The number of rotatable bonds is 4. The average Bonchev–Trinajstić information content (AvgIpc) is 3.31. The standard InChI is InChI=1S/C26H28FN5O3.C2H6/c1-15-18(17-4-7-22(33)30-24(17)34)10-19-21(29-15)6-5-20(23(19)27)26-8-9-32(13-25(26,2)35-26)12-16-11-28-14-31(16)3;1-2/h5-6,10-11,14,17H,4,7-9,12-13H2,1-3H3,(H,30,33,34);1-2H3. The van der Waals surface area contributed by atoms with Gasteiger partial charge in [-0.3, -0.25) is 24.8 Å². The molecule has 1 aromatic carbocycles. The van der Waals surface area contributed by atoms with Crippen LogP contribution < -0.4 is 5.32 Å². The molecule has 9 heteroatoms. The highest BCUT2D eigenvalue weighted by atomic mass is 19.1. The van der Waals surface area contributed by atoms with E-state index >= 15 is 4.39 Å². The number of carbonyl (C=O) groups is 2. The van der Waals surface area contributed by atoms with E-state index in [0.29, 0.717) is 47.1 Å². The van der Waals surface area contributed by atoms with Gasteiger partial charge in [-0.15, -0.1) is 0 Å². The van der Waals surface area contributed by atoms with Crippen molar-refractivity contribution in [3.05, 3.63) is 59.1 Å². The maximum absolute atomic E-state index is 16.1. The van der Waals surface area contributed by atoms with Crippen LogP contribution in [0.25, 0.3) is 10.9 Å². The number of epoxide rings is 1. The highest BCUT2D eigenvalue weighted by Gasteiger charge is 2.70. The number of pyridine rings is 1. The first-order valence-electron chi connectivity index (χ1n) is 13.0. The molecular weight excluding hydrogens is 473 g/mol. The highest BCUT2D eigenvalue weighted by Crippen LogP contribution is 2.61. The van der Waals surface area contributed by atoms with E-state index in [1.807, 2.05) is 51.6 Å². The third kappa shape index (κ3) is 4.14. The molecule has 5 heterocycles. The second-order valence-corrected chi connectivity index (χ2v) is 10.3. The number of imide groups is 1. The topological polar surface area (TPSA) is 92.7 Å². The van der Waals surface area contributed by atoms with Gasteiger partial charge >= 0.3 is 0 Å². The number of fused-ring (bicyclic) bond motifs is 2. The SMILES string of the molecule is CC.Cc1nc2ccc(C34CCN(Cc5cncn5C)CC3(C)O4)c(F)c2cc1C1CCC(=O)NC1=O. The van der Waals surface area contributed by atoms with Crippen molar-refractivity contribution in [2.75, 3.05) is 13.1 Å². The Hall–Kier alpha value is -3.17. The smallest absolute Gasteiger partial charge is 0.234 e. The first-order valence-corrected chi connectivity index (χ1v) is 13.0. The Morgan fingerprint density at radius 1 is 1.27 bits per heavy atom. The molecule has 3 atom stereocenters. The average molecular weight is 508 g/mol. The number of aryl methyl sites for hydroxylation is 2. The van der Waals surface area contributed by atoms with Crippen molar-refractivity contribution >= 4 is 22.7 Å². The van der Waals surface area contributed by atoms with Gasteiger partial charge in [0.05, 0.1) is 23.5 Å². The van der Waals surface area contributed by atoms with Crippen molar-refractivity contribution in [1.82, 2.24) is 24.8 Å². The fourth-order valence-corrected chi connectivity index (χ4v) is 6.01. The number of ether oxygens (including phenoxy) is 1. The molecule has 6 rings (SSSR count). The van der Waals surface area contributed by atoms with Gasteiger partial charge in [0.15, 0.2) is 0 Å². The number of nitrogens with zero attached hydrogens (tertiary/aromatic N) is 4. The van der Waals surface area contributed by atoms with Crippen molar-refractivity contribution in [3.8, 4) is 0 Å². The molecule has 196 valence electrons. The maximum atomic E-state index is 16.1. The molecule has 0 spiro atoms. The van der Waals surface area contributed by atoms with E-state index in [2.05, 4.69) is 20.2 Å². The van der Waals surface area contributed by atoms with E-state index < -0.39 is 17.1 Å². The molecule has 3 aromatic rings. The fraction of sp³-hybridized carbons (Fsp3) is 0.500. The Bertz CT molecular complexity index is 1390. The molecule has 8 nitrogen and oxygen atoms in total. The summed E-state index contributed by atoms with van der Waals surface area (Å²) in [7, 11) is 1.98. The Morgan fingerprint density at radius 3 is 2.73 bits per heavy atom. The summed E-state index contributed by atoms with van der Waals surface area (Å²) in [5.74, 6) is -1.47. The lowest BCUT2D eigenvalue weighted by molar-refractivity contribution is -0.134. The second-order valence-electron chi connectivity index (χ2n) is 10.3. The third-order valence-electron chi connectivity index (χ3n) is 8.03. The summed E-state index contributed by atoms with van der Waals surface area (Å²) in [6.07, 6.45) is 5.01. The zero-order valence-electron chi connectivity index (χ0n) is 22.1. The molecule has 37 heavy (non-hydrogen) atoms. The molecule has 2 amide bonds. The highest BCUT2D eigenvalue weighted by molar-refractivity contribution is 6.01. The van der Waals surface area contributed by atoms with Crippen LogP contribution in [0, 0.1) is 12.7 Å². The van der Waals surface area contributed by atoms with Crippen LogP contribution in [0.5, 0.6) is 0 Å². The summed E-state index contributed by atoms with van der Waals surface area (Å²) in [5.41, 5.74) is 2.41. The first kappa shape index (κ1) is 25.5. The zero-order chi connectivity index (χ0) is 26.5. The largest absolute Gasteiger partial charge is 0.356 e. The Balaban J connectivity index is 0.00000137. The predicted molar refractivity (Wildman–Crippen MR) is 137 cm³/mol. The molecule has 1 N–H and O–H groups in total. The summed E-state index contributed by atoms with van der Waals surface area (Å²) in [6.45, 7) is 10.1. The lowest BCUT2D eigenvalue weighted by Crippen LogP contribution is -2.44. The summed E-state index contributed by atoms with van der Waals surface area (Å²) >= 11 is 0. The quantitative estimate of drug-likeness (QED) is 0.426. The van der Waals surface area contributed by atoms with E-state index in [4.69, 9.17) is 4.74 Å². The minimum absolute atomic E-state index is 0.265. The van der Waals surface area contributed by atoms with Crippen LogP contribution in [0.4, 0.5) is 4.39 Å². The fourth-order valence-electron chi connectivity index (χ4n) is 6.01. The van der Waals surface area contributed by atoms with Gasteiger partial charge in [-0.1, -0.05) is 19.9 Å². The third-order valence-corrected chi connectivity index (χ3v) is 8.03. The summed E-state index contributed by atoms with van der Waals surface area (Å²) in [6, 6.07) is 5.39. The Labute approximate surface area is 216 Å². The number of carbonyl (C=O) groups excluding carboxylic acids is 2. The molecular formula is C28H34FN5O3. The maximum Gasteiger partial charge on any atom is 0.234 e. The van der Waals surface area contributed by atoms with Crippen LogP contribution in [0.2, 0.25) is 0 Å². The van der Waals surface area contributed by atoms with Gasteiger partial charge in [0.2, 0.25) is 11.8 Å². The second kappa shape index (κ2) is 9.29. The number of halogens is 1. The Morgan fingerprint density at radius 2 is 2.05 bits per heavy atom. The van der Waals surface area contributed by atoms with Crippen LogP contribution in [0.3, 0.4) is 0 Å². The minimum Gasteiger partial charge on any atom is -0.356 e. The molecule has 0 bridgehead atoms. The summed E-state index contributed by atoms with van der Waals surface area (Å²) in [4.78, 5) is 35.2. The molecule has 3 saturated heterocycles. The van der Waals surface area contributed by atoms with Crippen LogP contribution >= 0.6 is 0 Å². The summed E-state index contributed by atoms with van der Waals surface area (Å²) in [5, 5.41) is 2.78. The zero-order valence-corrected chi connectivity index (χ0v) is 22.1. The Kier molecular flexibility index (Phi) is 6.40. The van der Waals surface area contributed by atoms with Crippen molar-refractivity contribution in [2.45, 2.75) is 70.6 Å². The number of benzene rings is 1. The van der Waals surface area contributed by atoms with Crippen molar-refractivity contribution in [1.29, 1.82) is 0 Å². The van der Waals surface area contributed by atoms with Gasteiger partial charge < -0.3 is 9.30 Å². The van der Waals surface area contributed by atoms with E-state index in [1.165, 1.54) is 0 Å². The van der Waals surface area contributed by atoms with Crippen molar-refractivity contribution in [2.24, 2.45) is 7.05 Å². The van der Waals surface area contributed by atoms with Crippen LogP contribution in [-0.2, 0) is 33.5 Å². The molecule has 3 fully saturated rings. The molecule has 3 unspecified atom stereocenters. The van der Waals surface area contributed by atoms with Crippen molar-refractivity contribution in [3.63, 3.8) is 0 Å². The van der Waals surface area contributed by atoms with Gasteiger partial charge in [-0.25, -0.2) is 9.37 Å². The lowest BCUT2D eigenvalue weighted by atomic mass is 9.80. The molecule has 3 aliphatic rings. The number of hydrogen-bond acceptors (Lipinski definition) is 6. The summed E-state index contributed by atoms with van der Waals surface area (Å²) < 4.78 is 24.4. The van der Waals surface area contributed by atoms with Gasteiger partial charge in [-0.05, 0) is 44.4 Å².